The van der Waals surface area contributed by atoms with Crippen LogP contribution in [0.1, 0.15) is 43.5 Å². The molecule has 174 valence electrons. The van der Waals surface area contributed by atoms with Crippen molar-refractivity contribution in [3.05, 3.63) is 74.3 Å². The molecule has 1 heterocycles. The molecule has 0 radical (unpaired) electrons. The number of nitro groups is 2. The zero-order valence-corrected chi connectivity index (χ0v) is 20.0. The summed E-state index contributed by atoms with van der Waals surface area (Å²) < 4.78 is 13.7. The summed E-state index contributed by atoms with van der Waals surface area (Å²) in [4.78, 5) is 34.4. The maximum atomic E-state index is 13.3. The van der Waals surface area contributed by atoms with E-state index in [-0.39, 0.29) is 22.5 Å². The Labute approximate surface area is 193 Å². The molecule has 0 amide bonds. The van der Waals surface area contributed by atoms with Gasteiger partial charge in [0.2, 0.25) is 0 Å². The number of hydrogen-bond acceptors (Lipinski definition) is 7. The number of nitro benzene ring substituents is 2. The molecule has 1 aliphatic heterocycles. The van der Waals surface area contributed by atoms with Gasteiger partial charge in [0.25, 0.3) is 0 Å². The molecule has 2 bridgehead atoms. The number of non-ortho nitro benzene ring substituents is 2. The Kier molecular flexibility index (Phi) is 4.90. The number of carbonyl (C=O) groups is 1. The van der Waals surface area contributed by atoms with Gasteiger partial charge in [-0.15, -0.1) is 0 Å². The molecule has 1 unspecified atom stereocenters. The Morgan fingerprint density at radius 3 is 2.27 bits per heavy atom. The van der Waals surface area contributed by atoms with Crippen molar-refractivity contribution in [3.8, 4) is 0 Å². The normalized spacial score (nSPS) is 33.2. The number of fused-ring (bicyclic) bond motifs is 1. The van der Waals surface area contributed by atoms with Gasteiger partial charge in [-0.1, -0.05) is 0 Å². The average molecular weight is 519 g/mol. The average Bonchev–Trinajstić information content (AvgIpc) is 3.33. The van der Waals surface area contributed by atoms with E-state index in [1.54, 1.807) is 0 Å². The molecule has 9 nitrogen and oxygen atoms in total. The van der Waals surface area contributed by atoms with Gasteiger partial charge < -0.3 is 0 Å². The van der Waals surface area contributed by atoms with Gasteiger partial charge in [-0.3, -0.25) is 0 Å². The Hall–Kier alpha value is -2.81. The van der Waals surface area contributed by atoms with Crippen LogP contribution in [0.3, 0.4) is 0 Å². The molecule has 33 heavy (non-hydrogen) atoms. The molecule has 2 aromatic carbocycles. The van der Waals surface area contributed by atoms with Gasteiger partial charge in [0.15, 0.2) is 0 Å². The maximum absolute atomic E-state index is 13.3. The van der Waals surface area contributed by atoms with E-state index in [0.29, 0.717) is 11.2 Å². The molecule has 0 aromatic heterocycles. The van der Waals surface area contributed by atoms with E-state index in [2.05, 4.69) is 13.8 Å². The summed E-state index contributed by atoms with van der Waals surface area (Å²) in [5.41, 5.74) is -1.30. The fraction of sp³-hybridized carbons (Fsp3) is 0.435. The third-order valence-electron chi connectivity index (χ3n) is 7.95. The fourth-order valence-corrected chi connectivity index (χ4v) is 13.3. The molecule has 1 saturated heterocycles. The molecule has 3 aliphatic rings. The molecule has 1 spiro atoms. The third kappa shape index (κ3) is 3.19. The summed E-state index contributed by atoms with van der Waals surface area (Å²) in [6.45, 7) is 4.55. The number of carbonyl (C=O) groups excluding carboxylic acids is 1. The van der Waals surface area contributed by atoms with Crippen molar-refractivity contribution in [3.63, 3.8) is 0 Å². The Balaban J connectivity index is 1.55. The Morgan fingerprint density at radius 2 is 1.73 bits per heavy atom. The van der Waals surface area contributed by atoms with Crippen molar-refractivity contribution >= 4 is 35.3 Å². The summed E-state index contributed by atoms with van der Waals surface area (Å²) in [6.07, 6.45) is 3.07. The van der Waals surface area contributed by atoms with Gasteiger partial charge in [0, 0.05) is 0 Å². The number of rotatable bonds is 5. The molecule has 4 atom stereocenters. The van der Waals surface area contributed by atoms with Gasteiger partial charge in [-0.25, -0.2) is 0 Å². The van der Waals surface area contributed by atoms with Gasteiger partial charge in [0.1, 0.15) is 0 Å². The molecule has 2 saturated carbocycles. The van der Waals surface area contributed by atoms with Crippen LogP contribution in [0.15, 0.2) is 48.5 Å². The topological polar surface area (TPSA) is 122 Å². The molecule has 10 heteroatoms. The quantitative estimate of drug-likeness (QED) is 0.329. The van der Waals surface area contributed by atoms with Gasteiger partial charge in [-0.05, 0) is 0 Å². The fourth-order valence-electron chi connectivity index (χ4n) is 6.00. The zero-order valence-electron chi connectivity index (χ0n) is 18.3. The van der Waals surface area contributed by atoms with Crippen molar-refractivity contribution in [1.82, 2.24) is 0 Å². The van der Waals surface area contributed by atoms with Crippen LogP contribution in [0.4, 0.5) is 11.4 Å². The third-order valence-corrected chi connectivity index (χ3v) is 13.9. The predicted molar refractivity (Wildman–Crippen MR) is 120 cm³/mol. The minimum absolute atomic E-state index is 0.00120. The van der Waals surface area contributed by atoms with Crippen LogP contribution in [0.2, 0.25) is 5.32 Å². The van der Waals surface area contributed by atoms with Crippen LogP contribution in [-0.4, -0.2) is 35.4 Å². The molecule has 5 rings (SSSR count). The van der Waals surface area contributed by atoms with Crippen LogP contribution in [0.25, 0.3) is 0 Å². The first-order valence-corrected chi connectivity index (χ1v) is 14.3. The van der Waals surface area contributed by atoms with E-state index in [1.807, 2.05) is 30.3 Å². The minimum atomic E-state index is -3.52. The second kappa shape index (κ2) is 7.35. The SMILES string of the molecule is CC1(C)[C@@H]2CC[C@]13C[Se](OC(=O)c1cc([N+](=O)[O-])cc([N+](=O)[O-])c1)(c1ccccc1)O[C@@H]3C2. The first-order chi connectivity index (χ1) is 15.6. The summed E-state index contributed by atoms with van der Waals surface area (Å²) in [5, 5.41) is 23.2. The van der Waals surface area contributed by atoms with Crippen LogP contribution in [-0.2, 0) is 7.64 Å². The summed E-state index contributed by atoms with van der Waals surface area (Å²) in [7, 11) is 0. The van der Waals surface area contributed by atoms with Crippen molar-refractivity contribution in [2.75, 3.05) is 0 Å². The molecule has 3 fully saturated rings. The second-order valence-electron chi connectivity index (χ2n) is 9.63. The van der Waals surface area contributed by atoms with Crippen LogP contribution < -0.4 is 4.46 Å². The van der Waals surface area contributed by atoms with Crippen molar-refractivity contribution in [2.24, 2.45) is 16.7 Å². The number of hydrogen-bond donors (Lipinski definition) is 0. The van der Waals surface area contributed by atoms with Crippen molar-refractivity contribution in [1.29, 1.82) is 0 Å². The van der Waals surface area contributed by atoms with E-state index in [4.69, 9.17) is 7.64 Å². The standard InChI is InChI=1S/C23H24N2O7Se/c1-22(2)16-8-9-23(22)14-33(31-20(23)12-16,19-6-4-3-5-7-19)32-21(26)15-10-17(24(27)28)13-18(11-15)25(29)30/h3-7,10-11,13,16,20H,8-9,12,14H2,1-2H3/t16-,20-,23-/m1/s1. The van der Waals surface area contributed by atoms with E-state index in [9.17, 15) is 25.0 Å². The van der Waals surface area contributed by atoms with Crippen molar-refractivity contribution < 1.29 is 22.3 Å². The Bertz CT molecular complexity index is 1140. The Morgan fingerprint density at radius 1 is 1.09 bits per heavy atom. The van der Waals surface area contributed by atoms with E-state index in [1.165, 1.54) is 0 Å². The zero-order chi connectivity index (χ0) is 23.6. The van der Waals surface area contributed by atoms with Gasteiger partial charge in [-0.2, -0.15) is 0 Å². The predicted octanol–water partition coefficient (Wildman–Crippen LogP) is 4.23. The summed E-state index contributed by atoms with van der Waals surface area (Å²) >= 11 is -3.52. The first kappa shape index (κ1) is 22.0. The van der Waals surface area contributed by atoms with Gasteiger partial charge >= 0.3 is 193 Å². The van der Waals surface area contributed by atoms with E-state index in [0.717, 1.165) is 41.9 Å². The summed E-state index contributed by atoms with van der Waals surface area (Å²) in [6, 6.07) is 12.3. The van der Waals surface area contributed by atoms with Gasteiger partial charge in [0.05, 0.1) is 0 Å². The molecule has 0 N–H and O–H groups in total. The molecule has 2 aromatic rings. The van der Waals surface area contributed by atoms with E-state index < -0.39 is 40.7 Å². The molecule has 2 aliphatic carbocycles. The first-order valence-electron chi connectivity index (χ1n) is 10.8. The number of nitrogens with zero attached hydrogens (tertiary/aromatic N) is 2. The van der Waals surface area contributed by atoms with Crippen LogP contribution in [0, 0.1) is 37.0 Å². The van der Waals surface area contributed by atoms with E-state index >= 15 is 0 Å². The van der Waals surface area contributed by atoms with Crippen LogP contribution in [0.5, 0.6) is 0 Å². The van der Waals surface area contributed by atoms with Crippen LogP contribution >= 0.6 is 0 Å². The second-order valence-corrected chi connectivity index (χ2v) is 14.6. The number of benzene rings is 2. The molecular weight excluding hydrogens is 495 g/mol. The summed E-state index contributed by atoms with van der Waals surface area (Å²) in [5.74, 6) is -0.252. The molecular formula is C23H24N2O7Se. The van der Waals surface area contributed by atoms with Crippen molar-refractivity contribution in [2.45, 2.75) is 44.5 Å². The monoisotopic (exact) mass is 520 g/mol.